The summed E-state index contributed by atoms with van der Waals surface area (Å²) < 4.78 is 0. The van der Waals surface area contributed by atoms with Crippen LogP contribution in [-0.4, -0.2) is 47.0 Å². The Balaban J connectivity index is 1.32. The first kappa shape index (κ1) is 15.2. The van der Waals surface area contributed by atoms with Gasteiger partial charge in [-0.05, 0) is 18.1 Å². The molecule has 3 heterocycles. The Morgan fingerprint density at radius 2 is 2.04 bits per heavy atom. The van der Waals surface area contributed by atoms with Gasteiger partial charge in [-0.15, -0.1) is 11.3 Å². The Kier molecular flexibility index (Phi) is 4.21. The van der Waals surface area contributed by atoms with Crippen LogP contribution in [0.2, 0.25) is 0 Å². The molecule has 3 aromatic rings. The van der Waals surface area contributed by atoms with Crippen molar-refractivity contribution in [2.75, 3.05) is 31.1 Å². The van der Waals surface area contributed by atoms with E-state index in [9.17, 15) is 4.79 Å². The maximum Gasteiger partial charge on any atom is 0.223 e. The number of amides is 1. The number of aromatic amines is 1. The minimum atomic E-state index is 0.249. The highest BCUT2D eigenvalue weighted by Gasteiger charge is 2.22. The molecule has 5 nitrogen and oxygen atoms in total. The Morgan fingerprint density at radius 1 is 1.21 bits per heavy atom. The summed E-state index contributed by atoms with van der Waals surface area (Å²) in [6, 6.07) is 8.24. The molecule has 1 aliphatic rings. The number of carbonyl (C=O) groups is 1. The molecule has 1 saturated heterocycles. The maximum atomic E-state index is 12.5. The molecule has 0 saturated carbocycles. The van der Waals surface area contributed by atoms with Crippen molar-refractivity contribution in [1.82, 2.24) is 14.9 Å². The quantitative estimate of drug-likeness (QED) is 0.794. The zero-order valence-electron chi connectivity index (χ0n) is 13.4. The fourth-order valence-electron chi connectivity index (χ4n) is 3.26. The third-order valence-corrected chi connectivity index (χ3v) is 5.44. The predicted molar refractivity (Wildman–Crippen MR) is 97.5 cm³/mol. The number of piperazine rings is 1. The number of benzene rings is 1. The summed E-state index contributed by atoms with van der Waals surface area (Å²) in [5, 5.41) is 4.27. The van der Waals surface area contributed by atoms with Gasteiger partial charge in [0.2, 0.25) is 5.91 Å². The van der Waals surface area contributed by atoms with E-state index in [0.29, 0.717) is 6.42 Å². The Hall–Kier alpha value is -2.34. The van der Waals surface area contributed by atoms with Crippen LogP contribution < -0.4 is 4.90 Å². The van der Waals surface area contributed by atoms with Gasteiger partial charge in [-0.1, -0.05) is 18.2 Å². The molecule has 6 heteroatoms. The minimum absolute atomic E-state index is 0.249. The lowest BCUT2D eigenvalue weighted by molar-refractivity contribution is -0.131. The molecule has 1 aliphatic heterocycles. The second-order valence-electron chi connectivity index (χ2n) is 6.04. The first-order valence-electron chi connectivity index (χ1n) is 8.28. The van der Waals surface area contributed by atoms with Gasteiger partial charge in [0.1, 0.15) is 0 Å². The monoisotopic (exact) mass is 340 g/mol. The number of fused-ring (bicyclic) bond motifs is 1. The van der Waals surface area contributed by atoms with Crippen molar-refractivity contribution < 1.29 is 4.79 Å². The number of anilines is 1. The molecule has 0 unspecified atom stereocenters. The lowest BCUT2D eigenvalue weighted by Crippen LogP contribution is -2.48. The smallest absolute Gasteiger partial charge is 0.223 e. The van der Waals surface area contributed by atoms with E-state index < -0.39 is 0 Å². The minimum Gasteiger partial charge on any atom is -0.361 e. The van der Waals surface area contributed by atoms with Crippen molar-refractivity contribution in [3.63, 3.8) is 0 Å². The summed E-state index contributed by atoms with van der Waals surface area (Å²) >= 11 is 1.66. The zero-order chi connectivity index (χ0) is 16.4. The number of nitrogens with zero attached hydrogens (tertiary/aromatic N) is 3. The molecule has 4 rings (SSSR count). The molecule has 0 spiro atoms. The first-order valence-corrected chi connectivity index (χ1v) is 9.16. The predicted octanol–water partition coefficient (Wildman–Crippen LogP) is 2.91. The van der Waals surface area contributed by atoms with E-state index in [1.165, 1.54) is 10.9 Å². The molecular weight excluding hydrogens is 320 g/mol. The van der Waals surface area contributed by atoms with Crippen molar-refractivity contribution in [3.05, 3.63) is 47.6 Å². The molecule has 0 bridgehead atoms. The SMILES string of the molecule is O=C(CCc1c[nH]c2ccccc12)N1CCN(c2nccs2)CC1. The van der Waals surface area contributed by atoms with Gasteiger partial charge in [0.25, 0.3) is 0 Å². The zero-order valence-corrected chi connectivity index (χ0v) is 14.3. The number of nitrogens with one attached hydrogen (secondary N) is 1. The van der Waals surface area contributed by atoms with Crippen LogP contribution in [0.4, 0.5) is 5.13 Å². The average Bonchev–Trinajstić information content (AvgIpc) is 3.30. The van der Waals surface area contributed by atoms with Crippen LogP contribution in [0.5, 0.6) is 0 Å². The molecule has 24 heavy (non-hydrogen) atoms. The largest absolute Gasteiger partial charge is 0.361 e. The van der Waals surface area contributed by atoms with Crippen LogP contribution in [0.3, 0.4) is 0 Å². The van der Waals surface area contributed by atoms with Gasteiger partial charge in [-0.3, -0.25) is 4.79 Å². The second-order valence-corrected chi connectivity index (χ2v) is 6.92. The third-order valence-electron chi connectivity index (χ3n) is 4.61. The third kappa shape index (κ3) is 3.01. The molecule has 1 fully saturated rings. The number of aromatic nitrogens is 2. The molecule has 2 aromatic heterocycles. The summed E-state index contributed by atoms with van der Waals surface area (Å²) in [6.07, 6.45) is 5.21. The van der Waals surface area contributed by atoms with E-state index in [-0.39, 0.29) is 5.91 Å². The molecular formula is C18H20N4OS. The van der Waals surface area contributed by atoms with Crippen LogP contribution in [-0.2, 0) is 11.2 Å². The summed E-state index contributed by atoms with van der Waals surface area (Å²) in [5.74, 6) is 0.249. The van der Waals surface area contributed by atoms with Gasteiger partial charge >= 0.3 is 0 Å². The topological polar surface area (TPSA) is 52.2 Å². The number of carbonyl (C=O) groups excluding carboxylic acids is 1. The van der Waals surface area contributed by atoms with Crippen molar-refractivity contribution in [2.24, 2.45) is 0 Å². The van der Waals surface area contributed by atoms with Crippen LogP contribution in [0.1, 0.15) is 12.0 Å². The van der Waals surface area contributed by atoms with Gasteiger partial charge in [0.05, 0.1) is 0 Å². The second kappa shape index (κ2) is 6.65. The number of aryl methyl sites for hydroxylation is 1. The highest BCUT2D eigenvalue weighted by Crippen LogP contribution is 2.21. The van der Waals surface area contributed by atoms with Crippen LogP contribution >= 0.6 is 11.3 Å². The molecule has 1 aromatic carbocycles. The van der Waals surface area contributed by atoms with E-state index in [0.717, 1.165) is 43.2 Å². The van der Waals surface area contributed by atoms with Crippen molar-refractivity contribution in [1.29, 1.82) is 0 Å². The molecule has 1 N–H and O–H groups in total. The molecule has 0 aliphatic carbocycles. The van der Waals surface area contributed by atoms with Gasteiger partial charge in [0.15, 0.2) is 5.13 Å². The fraction of sp³-hybridized carbons (Fsp3) is 0.333. The highest BCUT2D eigenvalue weighted by molar-refractivity contribution is 7.13. The van der Waals surface area contributed by atoms with E-state index in [4.69, 9.17) is 0 Å². The average molecular weight is 340 g/mol. The van der Waals surface area contributed by atoms with Crippen molar-refractivity contribution in [2.45, 2.75) is 12.8 Å². The number of H-pyrrole nitrogens is 1. The summed E-state index contributed by atoms with van der Waals surface area (Å²) in [4.78, 5) is 24.4. The Morgan fingerprint density at radius 3 is 2.83 bits per heavy atom. The Bertz CT molecular complexity index is 819. The van der Waals surface area contributed by atoms with Crippen LogP contribution in [0.25, 0.3) is 10.9 Å². The summed E-state index contributed by atoms with van der Waals surface area (Å²) in [6.45, 7) is 3.30. The van der Waals surface area contributed by atoms with Gasteiger partial charge in [-0.25, -0.2) is 4.98 Å². The normalized spacial score (nSPS) is 15.2. The van der Waals surface area contributed by atoms with Gasteiger partial charge in [0, 0.05) is 61.3 Å². The summed E-state index contributed by atoms with van der Waals surface area (Å²) in [7, 11) is 0. The van der Waals surface area contributed by atoms with E-state index in [1.807, 2.05) is 34.8 Å². The maximum absolute atomic E-state index is 12.5. The van der Waals surface area contributed by atoms with Crippen LogP contribution in [0.15, 0.2) is 42.0 Å². The summed E-state index contributed by atoms with van der Waals surface area (Å²) in [5.41, 5.74) is 2.36. The molecule has 124 valence electrons. The molecule has 0 atom stereocenters. The van der Waals surface area contributed by atoms with E-state index >= 15 is 0 Å². The van der Waals surface area contributed by atoms with Gasteiger partial charge in [-0.2, -0.15) is 0 Å². The van der Waals surface area contributed by atoms with Crippen LogP contribution in [0, 0.1) is 0 Å². The fourth-order valence-corrected chi connectivity index (χ4v) is 3.95. The van der Waals surface area contributed by atoms with E-state index in [1.54, 1.807) is 11.3 Å². The lowest BCUT2D eigenvalue weighted by Gasteiger charge is -2.34. The molecule has 1 amide bonds. The molecule has 0 radical (unpaired) electrons. The standard InChI is InChI=1S/C18H20N4OS/c23-17(6-5-14-13-20-16-4-2-1-3-15(14)16)21-8-10-22(11-9-21)18-19-7-12-24-18/h1-4,7,12-13,20H,5-6,8-11H2. The van der Waals surface area contributed by atoms with Crippen molar-refractivity contribution >= 4 is 33.3 Å². The number of rotatable bonds is 4. The number of para-hydroxylation sites is 1. The highest BCUT2D eigenvalue weighted by atomic mass is 32.1. The van der Waals surface area contributed by atoms with Crippen molar-refractivity contribution in [3.8, 4) is 0 Å². The number of hydrogen-bond donors (Lipinski definition) is 1. The Labute approximate surface area is 144 Å². The van der Waals surface area contributed by atoms with Gasteiger partial charge < -0.3 is 14.8 Å². The number of hydrogen-bond acceptors (Lipinski definition) is 4. The number of thiazole rings is 1. The van der Waals surface area contributed by atoms with E-state index in [2.05, 4.69) is 27.0 Å². The lowest BCUT2D eigenvalue weighted by atomic mass is 10.1. The first-order chi connectivity index (χ1) is 11.8.